The number of piperidine rings is 1. The number of nitrogens with zero attached hydrogens (tertiary/aromatic N) is 2. The van der Waals surface area contributed by atoms with Gasteiger partial charge < -0.3 is 14.7 Å². The van der Waals surface area contributed by atoms with E-state index in [4.69, 9.17) is 4.74 Å². The van der Waals surface area contributed by atoms with Gasteiger partial charge in [0.05, 0.1) is 12.3 Å². The molecule has 4 nitrogen and oxygen atoms in total. The van der Waals surface area contributed by atoms with Crippen LogP contribution in [0, 0.1) is 0 Å². The summed E-state index contributed by atoms with van der Waals surface area (Å²) in [5.74, 6) is 1.12. The van der Waals surface area contributed by atoms with Crippen molar-refractivity contribution in [2.45, 2.75) is 25.7 Å². The van der Waals surface area contributed by atoms with Crippen molar-refractivity contribution in [1.29, 1.82) is 0 Å². The van der Waals surface area contributed by atoms with Gasteiger partial charge in [-0.2, -0.15) is 0 Å². The van der Waals surface area contributed by atoms with Crippen LogP contribution in [0.1, 0.15) is 36.9 Å². The molecule has 0 aliphatic carbocycles. The van der Waals surface area contributed by atoms with Crippen LogP contribution >= 0.6 is 0 Å². The Labute approximate surface area is 172 Å². The van der Waals surface area contributed by atoms with Crippen LogP contribution in [0.4, 0.5) is 0 Å². The molecular formula is C25H28N2O2. The number of hydrogen-bond donors (Lipinski definition) is 1. The van der Waals surface area contributed by atoms with Crippen LogP contribution < -0.4 is 4.74 Å². The number of hydrogen-bond acceptors (Lipinski definition) is 4. The minimum Gasteiger partial charge on any atom is -0.506 e. The highest BCUT2D eigenvalue weighted by Crippen LogP contribution is 2.23. The highest BCUT2D eigenvalue weighted by molar-refractivity contribution is 5.85. The van der Waals surface area contributed by atoms with Gasteiger partial charge in [-0.05, 0) is 68.3 Å². The molecule has 2 heterocycles. The molecule has 4 heteroatoms. The SMILES string of the molecule is Oc1cccc2ccc(/C=C/c3ccc(OCCCN4CCCCC4)cc3)nc12. The maximum absolute atomic E-state index is 9.97. The number of benzene rings is 2. The fourth-order valence-corrected chi connectivity index (χ4v) is 3.76. The Morgan fingerprint density at radius 3 is 2.59 bits per heavy atom. The third kappa shape index (κ3) is 5.36. The largest absolute Gasteiger partial charge is 0.506 e. The number of pyridine rings is 1. The van der Waals surface area contributed by atoms with Crippen molar-refractivity contribution in [3.05, 3.63) is 65.9 Å². The molecule has 0 amide bonds. The van der Waals surface area contributed by atoms with Gasteiger partial charge in [0.2, 0.25) is 0 Å². The monoisotopic (exact) mass is 388 g/mol. The molecule has 1 aliphatic rings. The highest BCUT2D eigenvalue weighted by Gasteiger charge is 2.09. The molecule has 0 unspecified atom stereocenters. The number of ether oxygens (including phenoxy) is 1. The summed E-state index contributed by atoms with van der Waals surface area (Å²) in [4.78, 5) is 7.07. The second-order valence-electron chi connectivity index (χ2n) is 7.59. The fourth-order valence-electron chi connectivity index (χ4n) is 3.76. The lowest BCUT2D eigenvalue weighted by atomic mass is 10.1. The molecule has 1 N–H and O–H groups in total. The molecule has 2 aromatic carbocycles. The fraction of sp³-hybridized carbons (Fsp3) is 0.320. The van der Waals surface area contributed by atoms with Gasteiger partial charge in [0, 0.05) is 11.9 Å². The number of phenolic OH excluding ortho intramolecular Hbond substituents is 1. The highest BCUT2D eigenvalue weighted by atomic mass is 16.5. The zero-order valence-electron chi connectivity index (χ0n) is 16.8. The molecule has 0 saturated carbocycles. The van der Waals surface area contributed by atoms with Crippen molar-refractivity contribution >= 4 is 23.1 Å². The molecule has 1 saturated heterocycles. The van der Waals surface area contributed by atoms with E-state index in [-0.39, 0.29) is 5.75 Å². The maximum atomic E-state index is 9.97. The topological polar surface area (TPSA) is 45.6 Å². The first kappa shape index (κ1) is 19.5. The van der Waals surface area contributed by atoms with E-state index < -0.39 is 0 Å². The summed E-state index contributed by atoms with van der Waals surface area (Å²) in [7, 11) is 0. The third-order valence-electron chi connectivity index (χ3n) is 5.38. The minimum atomic E-state index is 0.208. The van der Waals surface area contributed by atoms with Gasteiger partial charge in [-0.25, -0.2) is 4.98 Å². The first-order valence-corrected chi connectivity index (χ1v) is 10.5. The number of aromatic hydroxyl groups is 1. The first-order chi connectivity index (χ1) is 14.3. The van der Waals surface area contributed by atoms with Crippen molar-refractivity contribution in [3.8, 4) is 11.5 Å². The Balaban J connectivity index is 1.29. The van der Waals surface area contributed by atoms with Crippen LogP contribution in [0.2, 0.25) is 0 Å². The van der Waals surface area contributed by atoms with Crippen molar-refractivity contribution in [2.75, 3.05) is 26.2 Å². The predicted octanol–water partition coefficient (Wildman–Crippen LogP) is 5.37. The zero-order valence-corrected chi connectivity index (χ0v) is 16.8. The van der Waals surface area contributed by atoms with E-state index >= 15 is 0 Å². The Morgan fingerprint density at radius 2 is 1.76 bits per heavy atom. The smallest absolute Gasteiger partial charge is 0.141 e. The van der Waals surface area contributed by atoms with Gasteiger partial charge in [-0.15, -0.1) is 0 Å². The number of para-hydroxylation sites is 1. The molecule has 0 atom stereocenters. The number of rotatable bonds is 7. The summed E-state index contributed by atoms with van der Waals surface area (Å²) in [5.41, 5.74) is 2.53. The first-order valence-electron chi connectivity index (χ1n) is 10.5. The lowest BCUT2D eigenvalue weighted by Crippen LogP contribution is -2.31. The molecule has 0 radical (unpaired) electrons. The van der Waals surface area contributed by atoms with Gasteiger partial charge in [0.1, 0.15) is 17.0 Å². The van der Waals surface area contributed by atoms with E-state index in [1.807, 2.05) is 48.6 Å². The Morgan fingerprint density at radius 1 is 0.931 bits per heavy atom. The van der Waals surface area contributed by atoms with Gasteiger partial charge in [-0.1, -0.05) is 42.8 Å². The van der Waals surface area contributed by atoms with E-state index in [0.717, 1.165) is 42.0 Å². The third-order valence-corrected chi connectivity index (χ3v) is 5.38. The summed E-state index contributed by atoms with van der Waals surface area (Å²) in [6.07, 6.45) is 9.11. The van der Waals surface area contributed by atoms with E-state index in [1.165, 1.54) is 32.4 Å². The predicted molar refractivity (Wildman–Crippen MR) is 119 cm³/mol. The molecule has 3 aromatic rings. The summed E-state index contributed by atoms with van der Waals surface area (Å²) in [6, 6.07) is 17.5. The summed E-state index contributed by atoms with van der Waals surface area (Å²) in [5, 5.41) is 10.9. The Kier molecular flexibility index (Phi) is 6.42. The van der Waals surface area contributed by atoms with Crippen molar-refractivity contribution < 1.29 is 9.84 Å². The Hall–Kier alpha value is -2.85. The quantitative estimate of drug-likeness (QED) is 0.553. The second-order valence-corrected chi connectivity index (χ2v) is 7.59. The maximum Gasteiger partial charge on any atom is 0.141 e. The van der Waals surface area contributed by atoms with Gasteiger partial charge in [0.25, 0.3) is 0 Å². The molecule has 1 fully saturated rings. The Bertz CT molecular complexity index is 960. The van der Waals surface area contributed by atoms with E-state index in [1.54, 1.807) is 6.07 Å². The molecular weight excluding hydrogens is 360 g/mol. The van der Waals surface area contributed by atoms with Gasteiger partial charge in [0.15, 0.2) is 0 Å². The molecule has 4 rings (SSSR count). The lowest BCUT2D eigenvalue weighted by Gasteiger charge is -2.26. The number of likely N-dealkylation sites (tertiary alicyclic amines) is 1. The van der Waals surface area contributed by atoms with Crippen LogP contribution in [0.3, 0.4) is 0 Å². The summed E-state index contributed by atoms with van der Waals surface area (Å²) >= 11 is 0. The average Bonchev–Trinajstić information content (AvgIpc) is 2.77. The lowest BCUT2D eigenvalue weighted by molar-refractivity contribution is 0.205. The number of fused-ring (bicyclic) bond motifs is 1. The summed E-state index contributed by atoms with van der Waals surface area (Å²) in [6.45, 7) is 4.38. The second kappa shape index (κ2) is 9.57. The van der Waals surface area contributed by atoms with E-state index in [0.29, 0.717) is 5.52 Å². The minimum absolute atomic E-state index is 0.208. The molecule has 1 aliphatic heterocycles. The number of aromatic nitrogens is 1. The standard InChI is InChI=1S/C25H28N2O2/c28-24-7-4-6-21-11-13-22(26-25(21)24)12-8-20-9-14-23(15-10-20)29-19-5-18-27-16-2-1-3-17-27/h4,6-15,28H,1-3,5,16-19H2/b12-8+. The molecule has 29 heavy (non-hydrogen) atoms. The normalized spacial score (nSPS) is 15.2. The molecule has 1 aromatic heterocycles. The van der Waals surface area contributed by atoms with Gasteiger partial charge >= 0.3 is 0 Å². The van der Waals surface area contributed by atoms with E-state index in [2.05, 4.69) is 22.0 Å². The zero-order chi connectivity index (χ0) is 19.9. The summed E-state index contributed by atoms with van der Waals surface area (Å²) < 4.78 is 5.89. The van der Waals surface area contributed by atoms with Crippen molar-refractivity contribution in [2.24, 2.45) is 0 Å². The van der Waals surface area contributed by atoms with Crippen molar-refractivity contribution in [3.63, 3.8) is 0 Å². The van der Waals surface area contributed by atoms with Crippen LogP contribution in [0.25, 0.3) is 23.1 Å². The average molecular weight is 389 g/mol. The van der Waals surface area contributed by atoms with Crippen molar-refractivity contribution in [1.82, 2.24) is 9.88 Å². The van der Waals surface area contributed by atoms with Crippen LogP contribution in [0.5, 0.6) is 11.5 Å². The molecule has 150 valence electrons. The molecule has 0 spiro atoms. The van der Waals surface area contributed by atoms with Crippen LogP contribution in [-0.4, -0.2) is 41.2 Å². The van der Waals surface area contributed by atoms with E-state index in [9.17, 15) is 5.11 Å². The molecule has 0 bridgehead atoms. The number of phenols is 1. The van der Waals surface area contributed by atoms with Crippen LogP contribution in [-0.2, 0) is 0 Å². The van der Waals surface area contributed by atoms with Gasteiger partial charge in [-0.3, -0.25) is 0 Å². The van der Waals surface area contributed by atoms with Crippen LogP contribution in [0.15, 0.2) is 54.6 Å².